The summed E-state index contributed by atoms with van der Waals surface area (Å²) in [6.45, 7) is 8.53. The minimum atomic E-state index is -3.92. The summed E-state index contributed by atoms with van der Waals surface area (Å²) in [7, 11) is -3.92. The molecule has 1 aromatic rings. The van der Waals surface area contributed by atoms with Crippen LogP contribution >= 0.6 is 0 Å². The molecule has 0 unspecified atom stereocenters. The van der Waals surface area contributed by atoms with E-state index < -0.39 is 22.0 Å². The van der Waals surface area contributed by atoms with Gasteiger partial charge in [-0.25, -0.2) is 13.4 Å². The minimum Gasteiger partial charge on any atom is -0.480 e. The van der Waals surface area contributed by atoms with Crippen molar-refractivity contribution in [3.8, 4) is 0 Å². The second-order valence-corrected chi connectivity index (χ2v) is 8.13. The van der Waals surface area contributed by atoms with Crippen LogP contribution in [0.25, 0.3) is 0 Å². The highest BCUT2D eigenvalue weighted by Gasteiger charge is 2.41. The first-order chi connectivity index (χ1) is 11.2. The minimum absolute atomic E-state index is 0.0760. The number of hydrogen-bond acceptors (Lipinski definition) is 5. The molecule has 0 aliphatic carbocycles. The molecule has 0 saturated carbocycles. The van der Waals surface area contributed by atoms with Crippen LogP contribution in [0.3, 0.4) is 0 Å². The number of nitrogens with zero attached hydrogens (tertiary/aromatic N) is 3. The molecule has 8 heteroatoms. The third-order valence-electron chi connectivity index (χ3n) is 4.29. The number of carbonyl (C=O) groups is 1. The van der Waals surface area contributed by atoms with Crippen LogP contribution in [-0.2, 0) is 14.8 Å². The van der Waals surface area contributed by atoms with Gasteiger partial charge in [0.15, 0.2) is 0 Å². The van der Waals surface area contributed by atoms with Crippen LogP contribution in [0.2, 0.25) is 0 Å². The highest BCUT2D eigenvalue weighted by molar-refractivity contribution is 7.89. The zero-order valence-corrected chi connectivity index (χ0v) is 15.4. The van der Waals surface area contributed by atoms with E-state index in [1.807, 2.05) is 32.6 Å². The summed E-state index contributed by atoms with van der Waals surface area (Å²) in [5.74, 6) is -0.711. The fourth-order valence-electron chi connectivity index (χ4n) is 3.10. The first-order valence-electron chi connectivity index (χ1n) is 8.19. The van der Waals surface area contributed by atoms with E-state index in [1.165, 1.54) is 6.07 Å². The number of carboxylic acid groups (broad SMARTS) is 1. The number of rotatable bonds is 6. The zero-order valence-electron chi connectivity index (χ0n) is 14.6. The average molecular weight is 355 g/mol. The van der Waals surface area contributed by atoms with Crippen molar-refractivity contribution >= 4 is 21.8 Å². The lowest BCUT2D eigenvalue weighted by Gasteiger charge is -2.30. The van der Waals surface area contributed by atoms with Crippen molar-refractivity contribution in [2.45, 2.75) is 57.5 Å². The highest BCUT2D eigenvalue weighted by Crippen LogP contribution is 2.32. The molecular formula is C16H25N3O4S. The summed E-state index contributed by atoms with van der Waals surface area (Å²) >= 11 is 0. The van der Waals surface area contributed by atoms with Crippen molar-refractivity contribution in [1.29, 1.82) is 0 Å². The standard InChI is InChI=1S/C16H25N3O4S/c1-5-18(11(2)3)15-14(9-8-12(4)17-15)24(22,23)19-10-6-7-13(19)16(20)21/h8-9,11,13H,5-7,10H2,1-4H3,(H,20,21)/t13-/m0/s1. The maximum atomic E-state index is 13.1. The number of aliphatic carboxylic acids is 1. The van der Waals surface area contributed by atoms with Crippen LogP contribution in [-0.4, -0.2) is 54.0 Å². The second-order valence-electron chi connectivity index (χ2n) is 6.27. The zero-order chi connectivity index (χ0) is 18.1. The largest absolute Gasteiger partial charge is 0.480 e. The summed E-state index contributed by atoms with van der Waals surface area (Å²) in [4.78, 5) is 17.8. The lowest BCUT2D eigenvalue weighted by molar-refractivity contribution is -0.140. The van der Waals surface area contributed by atoms with E-state index >= 15 is 0 Å². The summed E-state index contributed by atoms with van der Waals surface area (Å²) in [5.41, 5.74) is 0.722. The number of hydrogen-bond donors (Lipinski definition) is 1. The number of sulfonamides is 1. The first kappa shape index (κ1) is 18.7. The van der Waals surface area contributed by atoms with Gasteiger partial charge in [-0.2, -0.15) is 4.31 Å². The number of carboxylic acids is 1. The van der Waals surface area contributed by atoms with Crippen LogP contribution in [0.1, 0.15) is 39.3 Å². The van der Waals surface area contributed by atoms with Gasteiger partial charge in [0.2, 0.25) is 10.0 Å². The number of aryl methyl sites for hydroxylation is 1. The monoisotopic (exact) mass is 355 g/mol. The molecule has 7 nitrogen and oxygen atoms in total. The van der Waals surface area contributed by atoms with E-state index in [0.717, 1.165) is 10.00 Å². The Morgan fingerprint density at radius 3 is 2.67 bits per heavy atom. The van der Waals surface area contributed by atoms with Gasteiger partial charge in [0.1, 0.15) is 16.8 Å². The third-order valence-corrected chi connectivity index (χ3v) is 6.22. The molecular weight excluding hydrogens is 330 g/mol. The molecule has 0 amide bonds. The van der Waals surface area contributed by atoms with Crippen LogP contribution in [0.5, 0.6) is 0 Å². The molecule has 1 aliphatic rings. The maximum absolute atomic E-state index is 13.1. The Morgan fingerprint density at radius 1 is 1.46 bits per heavy atom. The van der Waals surface area contributed by atoms with Crippen molar-refractivity contribution in [2.24, 2.45) is 0 Å². The topological polar surface area (TPSA) is 90.8 Å². The average Bonchev–Trinajstić information content (AvgIpc) is 2.98. The molecule has 24 heavy (non-hydrogen) atoms. The Balaban J connectivity index is 2.56. The Labute approximate surface area is 143 Å². The van der Waals surface area contributed by atoms with E-state index in [4.69, 9.17) is 0 Å². The van der Waals surface area contributed by atoms with Crippen LogP contribution < -0.4 is 4.90 Å². The van der Waals surface area contributed by atoms with Gasteiger partial charge < -0.3 is 10.0 Å². The lowest BCUT2D eigenvalue weighted by atomic mass is 10.2. The fourth-order valence-corrected chi connectivity index (χ4v) is 4.88. The Morgan fingerprint density at radius 2 is 2.12 bits per heavy atom. The lowest BCUT2D eigenvalue weighted by Crippen LogP contribution is -2.41. The molecule has 0 spiro atoms. The quantitative estimate of drug-likeness (QED) is 0.837. The molecule has 1 aliphatic heterocycles. The van der Waals surface area contributed by atoms with Crippen LogP contribution in [0.4, 0.5) is 5.82 Å². The summed E-state index contributed by atoms with van der Waals surface area (Å²) in [6, 6.07) is 2.26. The highest BCUT2D eigenvalue weighted by atomic mass is 32.2. The van der Waals surface area contributed by atoms with E-state index in [9.17, 15) is 18.3 Å². The van der Waals surface area contributed by atoms with Gasteiger partial charge in [0, 0.05) is 24.8 Å². The molecule has 0 aromatic carbocycles. The molecule has 134 valence electrons. The number of aromatic nitrogens is 1. The summed E-state index contributed by atoms with van der Waals surface area (Å²) in [6.07, 6.45) is 0.886. The molecule has 0 radical (unpaired) electrons. The molecule has 0 bridgehead atoms. The Kier molecular flexibility index (Phi) is 5.49. The normalized spacial score (nSPS) is 19.0. The van der Waals surface area contributed by atoms with Crippen molar-refractivity contribution in [3.63, 3.8) is 0 Å². The van der Waals surface area contributed by atoms with E-state index in [0.29, 0.717) is 25.2 Å². The van der Waals surface area contributed by atoms with E-state index in [1.54, 1.807) is 6.07 Å². The number of anilines is 1. The van der Waals surface area contributed by atoms with Crippen LogP contribution in [0, 0.1) is 6.92 Å². The van der Waals surface area contributed by atoms with Gasteiger partial charge in [0.05, 0.1) is 0 Å². The van der Waals surface area contributed by atoms with E-state index in [-0.39, 0.29) is 17.5 Å². The number of pyridine rings is 1. The van der Waals surface area contributed by atoms with Crippen LogP contribution in [0.15, 0.2) is 17.0 Å². The third kappa shape index (κ3) is 3.39. The van der Waals surface area contributed by atoms with Gasteiger partial charge in [-0.3, -0.25) is 4.79 Å². The fraction of sp³-hybridized carbons (Fsp3) is 0.625. The van der Waals surface area contributed by atoms with E-state index in [2.05, 4.69) is 4.98 Å². The smallest absolute Gasteiger partial charge is 0.322 e. The molecule has 2 rings (SSSR count). The van der Waals surface area contributed by atoms with Gasteiger partial charge in [-0.1, -0.05) is 0 Å². The Hall–Kier alpha value is -1.67. The molecule has 1 fully saturated rings. The molecule has 2 heterocycles. The van der Waals surface area contributed by atoms with Gasteiger partial charge in [-0.05, 0) is 52.7 Å². The molecule has 1 aromatic heterocycles. The summed E-state index contributed by atoms with van der Waals surface area (Å²) in [5, 5.41) is 9.32. The van der Waals surface area contributed by atoms with Gasteiger partial charge >= 0.3 is 5.97 Å². The molecule has 1 atom stereocenters. The van der Waals surface area contributed by atoms with Gasteiger partial charge in [0.25, 0.3) is 0 Å². The van der Waals surface area contributed by atoms with Crippen molar-refractivity contribution in [1.82, 2.24) is 9.29 Å². The SMILES string of the molecule is CCN(c1nc(C)ccc1S(=O)(=O)N1CCC[C@H]1C(=O)O)C(C)C. The summed E-state index contributed by atoms with van der Waals surface area (Å²) < 4.78 is 27.3. The molecule has 1 saturated heterocycles. The predicted octanol–water partition coefficient (Wildman–Crippen LogP) is 1.86. The second kappa shape index (κ2) is 7.06. The predicted molar refractivity (Wildman–Crippen MR) is 91.7 cm³/mol. The molecule has 1 N–H and O–H groups in total. The maximum Gasteiger partial charge on any atom is 0.322 e. The van der Waals surface area contributed by atoms with Crippen molar-refractivity contribution < 1.29 is 18.3 Å². The van der Waals surface area contributed by atoms with Crippen molar-refractivity contribution in [3.05, 3.63) is 17.8 Å². The first-order valence-corrected chi connectivity index (χ1v) is 9.63. The van der Waals surface area contributed by atoms with Crippen molar-refractivity contribution in [2.75, 3.05) is 18.0 Å². The van der Waals surface area contributed by atoms with Gasteiger partial charge in [-0.15, -0.1) is 0 Å². The Bertz CT molecular complexity index is 718.